The summed E-state index contributed by atoms with van der Waals surface area (Å²) in [5.41, 5.74) is 2.93. The fourth-order valence-corrected chi connectivity index (χ4v) is 2.94. The lowest BCUT2D eigenvalue weighted by atomic mass is 9.90. The van der Waals surface area contributed by atoms with Crippen molar-refractivity contribution in [3.63, 3.8) is 0 Å². The van der Waals surface area contributed by atoms with E-state index in [2.05, 4.69) is 5.43 Å². The lowest BCUT2D eigenvalue weighted by molar-refractivity contribution is -0.155. The third-order valence-electron chi connectivity index (χ3n) is 4.51. The molecule has 0 aliphatic heterocycles. The lowest BCUT2D eigenvalue weighted by Gasteiger charge is -2.37. The van der Waals surface area contributed by atoms with Gasteiger partial charge in [-0.25, -0.2) is 19.8 Å². The molecule has 0 spiro atoms. The van der Waals surface area contributed by atoms with Gasteiger partial charge in [-0.05, 0) is 37.5 Å². The van der Waals surface area contributed by atoms with Crippen molar-refractivity contribution in [2.75, 3.05) is 20.3 Å². The molecule has 0 aliphatic carbocycles. The van der Waals surface area contributed by atoms with Gasteiger partial charge in [-0.1, -0.05) is 54.6 Å². The first-order chi connectivity index (χ1) is 14.4. The summed E-state index contributed by atoms with van der Waals surface area (Å²) in [5.74, 6) is -0.764. The number of methoxy groups -OCH3 is 1. The largest absolute Gasteiger partial charge is 0.467 e. The van der Waals surface area contributed by atoms with E-state index < -0.39 is 23.7 Å². The first-order valence-corrected chi connectivity index (χ1v) is 9.53. The molecular weight excluding hydrogens is 388 g/mol. The van der Waals surface area contributed by atoms with E-state index in [0.717, 1.165) is 16.1 Å². The number of benzene rings is 2. The van der Waals surface area contributed by atoms with Crippen LogP contribution < -0.4 is 5.43 Å². The summed E-state index contributed by atoms with van der Waals surface area (Å²) in [6.07, 6.45) is -1.83. The fourth-order valence-electron chi connectivity index (χ4n) is 2.94. The molecule has 2 aromatic rings. The molecule has 0 saturated heterocycles. The van der Waals surface area contributed by atoms with Crippen LogP contribution >= 0.6 is 0 Å². The maximum Gasteiger partial charge on any atom is 0.430 e. The van der Waals surface area contributed by atoms with Crippen LogP contribution in [0.3, 0.4) is 0 Å². The van der Waals surface area contributed by atoms with Crippen LogP contribution in [-0.4, -0.2) is 43.5 Å². The van der Waals surface area contributed by atoms with Crippen LogP contribution in [0.5, 0.6) is 0 Å². The Morgan fingerprint density at radius 3 is 2.00 bits per heavy atom. The van der Waals surface area contributed by atoms with E-state index in [0.29, 0.717) is 5.56 Å². The molecule has 2 rings (SSSR count). The van der Waals surface area contributed by atoms with Gasteiger partial charge in [0.15, 0.2) is 5.54 Å². The molecule has 0 unspecified atom stereocenters. The van der Waals surface area contributed by atoms with Gasteiger partial charge in [0.25, 0.3) is 0 Å². The molecule has 0 bridgehead atoms. The van der Waals surface area contributed by atoms with Crippen molar-refractivity contribution in [3.05, 3.63) is 60.2 Å². The van der Waals surface area contributed by atoms with Gasteiger partial charge in [-0.2, -0.15) is 5.01 Å². The Morgan fingerprint density at radius 2 is 1.47 bits per heavy atom. The smallest absolute Gasteiger partial charge is 0.430 e. The monoisotopic (exact) mass is 414 g/mol. The molecule has 0 heterocycles. The summed E-state index contributed by atoms with van der Waals surface area (Å²) < 4.78 is 14.9. The second-order valence-corrected chi connectivity index (χ2v) is 6.37. The second-order valence-electron chi connectivity index (χ2n) is 6.37. The van der Waals surface area contributed by atoms with Crippen LogP contribution in [0.1, 0.15) is 26.3 Å². The molecular formula is C22H26N2O6. The zero-order valence-electron chi connectivity index (χ0n) is 17.5. The average molecular weight is 414 g/mol. The number of esters is 1. The lowest BCUT2D eigenvalue weighted by Crippen LogP contribution is -2.60. The Bertz CT molecular complexity index is 869. The highest BCUT2D eigenvalue weighted by Crippen LogP contribution is 2.31. The SMILES string of the molecule is CCOC(=O)NN(C(=O)OCC)[C@@](C)(C(=O)OC)c1ccc(-c2ccccc2)cc1. The van der Waals surface area contributed by atoms with Crippen LogP contribution in [0.4, 0.5) is 9.59 Å². The van der Waals surface area contributed by atoms with E-state index >= 15 is 0 Å². The van der Waals surface area contributed by atoms with Gasteiger partial charge < -0.3 is 14.2 Å². The van der Waals surface area contributed by atoms with Crippen molar-refractivity contribution in [2.45, 2.75) is 26.3 Å². The summed E-state index contributed by atoms with van der Waals surface area (Å²) >= 11 is 0. The van der Waals surface area contributed by atoms with Gasteiger partial charge >= 0.3 is 18.2 Å². The summed E-state index contributed by atoms with van der Waals surface area (Å²) in [5, 5.41) is 0.790. The van der Waals surface area contributed by atoms with E-state index in [1.807, 2.05) is 42.5 Å². The Kier molecular flexibility index (Phi) is 7.80. The molecule has 1 atom stereocenters. The molecule has 30 heavy (non-hydrogen) atoms. The molecule has 0 aliphatic rings. The number of nitrogens with zero attached hydrogens (tertiary/aromatic N) is 1. The van der Waals surface area contributed by atoms with Crippen LogP contribution in [0.2, 0.25) is 0 Å². The van der Waals surface area contributed by atoms with Gasteiger partial charge in [-0.15, -0.1) is 0 Å². The van der Waals surface area contributed by atoms with E-state index in [9.17, 15) is 14.4 Å². The topological polar surface area (TPSA) is 94.2 Å². The quantitative estimate of drug-likeness (QED) is 0.438. The van der Waals surface area contributed by atoms with Crippen molar-refractivity contribution in [1.29, 1.82) is 0 Å². The van der Waals surface area contributed by atoms with Gasteiger partial charge in [0.2, 0.25) is 0 Å². The number of ether oxygens (including phenoxy) is 3. The van der Waals surface area contributed by atoms with Crippen molar-refractivity contribution in [3.8, 4) is 11.1 Å². The Morgan fingerprint density at radius 1 is 0.900 bits per heavy atom. The molecule has 8 heteroatoms. The van der Waals surface area contributed by atoms with Gasteiger partial charge in [-0.3, -0.25) is 0 Å². The highest BCUT2D eigenvalue weighted by atomic mass is 16.6. The standard InChI is InChI=1S/C22H26N2O6/c1-5-29-20(26)23-24(21(27)30-6-2)22(3,19(25)28-4)18-14-12-17(13-15-18)16-10-8-7-9-11-16/h7-15H,5-6H2,1-4H3,(H,23,26)/t22-/m1/s1. The summed E-state index contributed by atoms with van der Waals surface area (Å²) in [7, 11) is 1.20. The summed E-state index contributed by atoms with van der Waals surface area (Å²) in [6.45, 7) is 4.83. The van der Waals surface area contributed by atoms with Gasteiger partial charge in [0.05, 0.1) is 20.3 Å². The van der Waals surface area contributed by atoms with Gasteiger partial charge in [0.1, 0.15) is 0 Å². The molecule has 0 radical (unpaired) electrons. The third kappa shape index (κ3) is 4.89. The second kappa shape index (κ2) is 10.3. The summed E-state index contributed by atoms with van der Waals surface area (Å²) in [4.78, 5) is 37.5. The molecule has 2 aromatic carbocycles. The van der Waals surface area contributed by atoms with E-state index in [4.69, 9.17) is 14.2 Å². The number of rotatable bonds is 6. The Hall–Kier alpha value is -3.55. The number of carbonyl (C=O) groups excluding carboxylic acids is 3. The van der Waals surface area contributed by atoms with E-state index in [1.54, 1.807) is 26.0 Å². The minimum absolute atomic E-state index is 0.0457. The average Bonchev–Trinajstić information content (AvgIpc) is 2.77. The zero-order valence-corrected chi connectivity index (χ0v) is 17.5. The fraction of sp³-hybridized carbons (Fsp3) is 0.318. The third-order valence-corrected chi connectivity index (χ3v) is 4.51. The number of hydrogen-bond acceptors (Lipinski definition) is 6. The van der Waals surface area contributed by atoms with Gasteiger partial charge in [0, 0.05) is 0 Å². The van der Waals surface area contributed by atoms with Crippen LogP contribution in [0, 0.1) is 0 Å². The van der Waals surface area contributed by atoms with Crippen molar-refractivity contribution < 1.29 is 28.6 Å². The number of amides is 2. The number of carbonyl (C=O) groups is 3. The zero-order chi connectivity index (χ0) is 22.1. The van der Waals surface area contributed by atoms with E-state index in [-0.39, 0.29) is 13.2 Å². The molecule has 1 N–H and O–H groups in total. The molecule has 2 amide bonds. The molecule has 0 saturated carbocycles. The Balaban J connectivity index is 2.50. The summed E-state index contributed by atoms with van der Waals surface area (Å²) in [6, 6.07) is 16.7. The van der Waals surface area contributed by atoms with Crippen LogP contribution in [-0.2, 0) is 24.5 Å². The van der Waals surface area contributed by atoms with E-state index in [1.165, 1.54) is 14.0 Å². The predicted octanol–water partition coefficient (Wildman–Crippen LogP) is 3.86. The highest BCUT2D eigenvalue weighted by molar-refractivity contribution is 5.88. The maximum atomic E-state index is 12.8. The molecule has 0 aromatic heterocycles. The normalized spacial score (nSPS) is 12.3. The highest BCUT2D eigenvalue weighted by Gasteiger charge is 2.47. The number of nitrogens with one attached hydrogen (secondary N) is 1. The van der Waals surface area contributed by atoms with Crippen LogP contribution in [0.15, 0.2) is 54.6 Å². The number of hydrogen-bond donors (Lipinski definition) is 1. The molecule has 0 fully saturated rings. The predicted molar refractivity (Wildman–Crippen MR) is 110 cm³/mol. The molecule has 160 valence electrons. The van der Waals surface area contributed by atoms with Crippen molar-refractivity contribution >= 4 is 18.2 Å². The first kappa shape index (κ1) is 22.7. The Labute approximate surface area is 175 Å². The minimum Gasteiger partial charge on any atom is -0.467 e. The van der Waals surface area contributed by atoms with Crippen molar-refractivity contribution in [1.82, 2.24) is 10.4 Å². The molecule has 8 nitrogen and oxygen atoms in total. The first-order valence-electron chi connectivity index (χ1n) is 9.53. The number of hydrazine groups is 1. The maximum absolute atomic E-state index is 12.8. The minimum atomic E-state index is -1.71. The van der Waals surface area contributed by atoms with Crippen molar-refractivity contribution in [2.24, 2.45) is 0 Å². The van der Waals surface area contributed by atoms with Crippen LogP contribution in [0.25, 0.3) is 11.1 Å².